The minimum Gasteiger partial charge on any atom is -0.493 e. The van der Waals surface area contributed by atoms with Gasteiger partial charge in [0.15, 0.2) is 11.5 Å². The van der Waals surface area contributed by atoms with E-state index < -0.39 is 23.2 Å². The van der Waals surface area contributed by atoms with E-state index >= 15 is 0 Å². The summed E-state index contributed by atoms with van der Waals surface area (Å²) >= 11 is 0. The van der Waals surface area contributed by atoms with Crippen molar-refractivity contribution in [1.82, 2.24) is 4.90 Å². The monoisotopic (exact) mass is 343 g/mol. The molecule has 2 aliphatic carbocycles. The van der Waals surface area contributed by atoms with Gasteiger partial charge in [0.05, 0.1) is 24.2 Å². The molecule has 0 amide bonds. The second-order valence-corrected chi connectivity index (χ2v) is 7.92. The van der Waals surface area contributed by atoms with Gasteiger partial charge in [0.25, 0.3) is 0 Å². The molecule has 25 heavy (non-hydrogen) atoms. The van der Waals surface area contributed by atoms with Crippen LogP contribution < -0.4 is 9.47 Å². The third kappa shape index (κ3) is 1.65. The molecule has 2 bridgehead atoms. The van der Waals surface area contributed by atoms with Gasteiger partial charge in [-0.25, -0.2) is 0 Å². The summed E-state index contributed by atoms with van der Waals surface area (Å²) in [5, 5.41) is 22.7. The fraction of sp³-hybridized carbons (Fsp3) is 0.600. The Labute approximate surface area is 147 Å². The van der Waals surface area contributed by atoms with Crippen molar-refractivity contribution in [3.63, 3.8) is 0 Å². The van der Waals surface area contributed by atoms with Crippen molar-refractivity contribution >= 4 is 0 Å². The first-order valence-electron chi connectivity index (χ1n) is 9.19. The van der Waals surface area contributed by atoms with Crippen molar-refractivity contribution in [1.29, 1.82) is 0 Å². The van der Waals surface area contributed by atoms with Gasteiger partial charge >= 0.3 is 0 Å². The fourth-order valence-corrected chi connectivity index (χ4v) is 6.14. The van der Waals surface area contributed by atoms with Gasteiger partial charge in [0.2, 0.25) is 0 Å². The van der Waals surface area contributed by atoms with Gasteiger partial charge < -0.3 is 19.7 Å². The van der Waals surface area contributed by atoms with Crippen LogP contribution in [0.3, 0.4) is 0 Å². The SMILES string of the molecule is C=CCN1CC[C@@]23c4c5ccc(OC)c4O[C@@H]2[C@@H](O)CC[C@]3(O)C1C5. The minimum absolute atomic E-state index is 0.0321. The number of nitrogens with zero attached hydrogens (tertiary/aromatic N) is 1. The smallest absolute Gasteiger partial charge is 0.166 e. The van der Waals surface area contributed by atoms with Crippen LogP contribution in [0, 0.1) is 0 Å². The zero-order chi connectivity index (χ0) is 17.4. The van der Waals surface area contributed by atoms with Crippen LogP contribution in [0.15, 0.2) is 24.8 Å². The molecule has 5 heteroatoms. The molecule has 5 atom stereocenters. The zero-order valence-electron chi connectivity index (χ0n) is 14.6. The molecule has 1 saturated carbocycles. The van der Waals surface area contributed by atoms with Crippen LogP contribution >= 0.6 is 0 Å². The van der Waals surface area contributed by atoms with E-state index in [9.17, 15) is 10.2 Å². The van der Waals surface area contributed by atoms with E-state index in [2.05, 4.69) is 17.5 Å². The molecule has 5 nitrogen and oxygen atoms in total. The van der Waals surface area contributed by atoms with Crippen LogP contribution in [0.1, 0.15) is 30.4 Å². The van der Waals surface area contributed by atoms with Crippen LogP contribution in [0.2, 0.25) is 0 Å². The Morgan fingerprint density at radius 2 is 2.28 bits per heavy atom. The Morgan fingerprint density at radius 1 is 1.44 bits per heavy atom. The quantitative estimate of drug-likeness (QED) is 0.813. The number of aliphatic hydroxyl groups excluding tert-OH is 1. The summed E-state index contributed by atoms with van der Waals surface area (Å²) in [5.74, 6) is 1.43. The summed E-state index contributed by atoms with van der Waals surface area (Å²) in [7, 11) is 1.64. The molecule has 0 aromatic heterocycles. The first-order chi connectivity index (χ1) is 12.1. The normalized spacial score (nSPS) is 41.0. The van der Waals surface area contributed by atoms with Gasteiger partial charge in [0.1, 0.15) is 6.10 Å². The molecule has 134 valence electrons. The summed E-state index contributed by atoms with van der Waals surface area (Å²) in [6.45, 7) is 5.54. The van der Waals surface area contributed by atoms with Gasteiger partial charge in [-0.15, -0.1) is 6.58 Å². The Balaban J connectivity index is 1.77. The first-order valence-corrected chi connectivity index (χ1v) is 9.19. The molecule has 2 heterocycles. The molecule has 2 aliphatic heterocycles. The Hall–Kier alpha value is -1.56. The van der Waals surface area contributed by atoms with Crippen LogP contribution in [-0.4, -0.2) is 59.2 Å². The molecule has 0 radical (unpaired) electrons. The lowest BCUT2D eigenvalue weighted by Gasteiger charge is -2.63. The van der Waals surface area contributed by atoms with E-state index in [1.807, 2.05) is 12.1 Å². The number of methoxy groups -OCH3 is 1. The molecule has 1 spiro atoms. The Bertz CT molecular complexity index is 749. The van der Waals surface area contributed by atoms with Crippen LogP contribution in [0.4, 0.5) is 0 Å². The number of hydrogen-bond donors (Lipinski definition) is 2. The lowest BCUT2D eigenvalue weighted by molar-refractivity contribution is -0.206. The van der Waals surface area contributed by atoms with Crippen LogP contribution in [-0.2, 0) is 11.8 Å². The maximum absolute atomic E-state index is 12.0. The van der Waals surface area contributed by atoms with Gasteiger partial charge in [-0.3, -0.25) is 4.90 Å². The maximum Gasteiger partial charge on any atom is 0.166 e. The third-order valence-electron chi connectivity index (χ3n) is 7.11. The van der Waals surface area contributed by atoms with Gasteiger partial charge in [-0.05, 0) is 43.9 Å². The van der Waals surface area contributed by atoms with Crippen molar-refractivity contribution in [2.45, 2.75) is 54.9 Å². The highest BCUT2D eigenvalue weighted by atomic mass is 16.5. The fourth-order valence-electron chi connectivity index (χ4n) is 6.14. The molecular weight excluding hydrogens is 318 g/mol. The number of aliphatic hydroxyl groups is 2. The Morgan fingerprint density at radius 3 is 3.04 bits per heavy atom. The largest absolute Gasteiger partial charge is 0.493 e. The van der Waals surface area contributed by atoms with Crippen molar-refractivity contribution in [3.8, 4) is 11.5 Å². The summed E-state index contributed by atoms with van der Waals surface area (Å²) in [6.07, 6.45) is 3.69. The second-order valence-electron chi connectivity index (χ2n) is 7.92. The average Bonchev–Trinajstić information content (AvgIpc) is 2.96. The lowest BCUT2D eigenvalue weighted by Crippen LogP contribution is -2.77. The molecule has 2 N–H and O–H groups in total. The number of hydrogen-bond acceptors (Lipinski definition) is 5. The number of ether oxygens (including phenoxy) is 2. The number of likely N-dealkylation sites (tertiary alicyclic amines) is 1. The standard InChI is InChI=1S/C20H25NO4/c1-3-9-21-10-8-19-16-12-4-5-14(24-2)17(16)25-18(19)13(22)6-7-20(19,23)15(21)11-12/h3-5,13,15,18,22-23H,1,6-11H2,2H3/t13-,15?,18+,19+,20-/m0/s1. The van der Waals surface area contributed by atoms with Crippen molar-refractivity contribution in [3.05, 3.63) is 35.9 Å². The molecule has 1 unspecified atom stereocenters. The highest BCUT2D eigenvalue weighted by molar-refractivity contribution is 5.62. The van der Waals surface area contributed by atoms with E-state index in [1.165, 1.54) is 5.56 Å². The topological polar surface area (TPSA) is 62.2 Å². The summed E-state index contributed by atoms with van der Waals surface area (Å²) in [5.41, 5.74) is 0.885. The lowest BCUT2D eigenvalue weighted by atomic mass is 9.48. The first kappa shape index (κ1) is 15.7. The van der Waals surface area contributed by atoms with E-state index in [-0.39, 0.29) is 6.04 Å². The van der Waals surface area contributed by atoms with E-state index in [0.717, 1.165) is 37.2 Å². The molecule has 4 aliphatic rings. The molecule has 5 rings (SSSR count). The average molecular weight is 343 g/mol. The summed E-state index contributed by atoms with van der Waals surface area (Å²) in [6, 6.07) is 4.09. The molecular formula is C20H25NO4. The zero-order valence-corrected chi connectivity index (χ0v) is 14.6. The third-order valence-corrected chi connectivity index (χ3v) is 7.11. The van der Waals surface area contributed by atoms with E-state index in [0.29, 0.717) is 18.6 Å². The van der Waals surface area contributed by atoms with Gasteiger partial charge in [-0.1, -0.05) is 12.1 Å². The molecule has 1 aromatic rings. The van der Waals surface area contributed by atoms with Crippen molar-refractivity contribution in [2.24, 2.45) is 0 Å². The van der Waals surface area contributed by atoms with E-state index in [4.69, 9.17) is 9.47 Å². The summed E-state index contributed by atoms with van der Waals surface area (Å²) in [4.78, 5) is 2.35. The predicted molar refractivity (Wildman–Crippen MR) is 93.2 cm³/mol. The van der Waals surface area contributed by atoms with Crippen molar-refractivity contribution in [2.75, 3.05) is 20.2 Å². The highest BCUT2D eigenvalue weighted by Crippen LogP contribution is 2.65. The van der Waals surface area contributed by atoms with Crippen molar-refractivity contribution < 1.29 is 19.7 Å². The Kier molecular flexibility index (Phi) is 3.13. The predicted octanol–water partition coefficient (Wildman–Crippen LogP) is 1.40. The van der Waals surface area contributed by atoms with Gasteiger partial charge in [0, 0.05) is 18.2 Å². The minimum atomic E-state index is -0.886. The molecule has 1 aromatic carbocycles. The summed E-state index contributed by atoms with van der Waals surface area (Å²) < 4.78 is 11.8. The van der Waals surface area contributed by atoms with Crippen LogP contribution in [0.25, 0.3) is 0 Å². The molecule has 2 fully saturated rings. The number of benzene rings is 1. The second kappa shape index (κ2) is 5.00. The van der Waals surface area contributed by atoms with Crippen LogP contribution in [0.5, 0.6) is 11.5 Å². The molecule has 1 saturated heterocycles. The number of piperidine rings is 1. The highest BCUT2D eigenvalue weighted by Gasteiger charge is 2.72. The van der Waals surface area contributed by atoms with Gasteiger partial charge in [-0.2, -0.15) is 0 Å². The maximum atomic E-state index is 12.0. The number of rotatable bonds is 3. The van der Waals surface area contributed by atoms with E-state index in [1.54, 1.807) is 7.11 Å².